The van der Waals surface area contributed by atoms with Gasteiger partial charge in [0.25, 0.3) is 5.56 Å². The van der Waals surface area contributed by atoms with Crippen molar-refractivity contribution in [1.82, 2.24) is 9.55 Å². The number of rotatable bonds is 5. The van der Waals surface area contributed by atoms with Gasteiger partial charge in [-0.3, -0.25) is 14.2 Å². The summed E-state index contributed by atoms with van der Waals surface area (Å²) < 4.78 is 14.7. The standard InChI is InChI=1S/C23H20FN3O2S/c1-3-19(21(28)26-17-6-4-5-14(2)11-17)27-13-25-22-20(23(27)29)18(12-30-22)15-7-9-16(24)10-8-15/h4-13,19H,3H2,1-2H3,(H,26,28). The van der Waals surface area contributed by atoms with E-state index in [0.29, 0.717) is 27.9 Å². The SMILES string of the molecule is CCC(C(=O)Nc1cccc(C)c1)n1cnc2scc(-c3ccc(F)cc3)c2c1=O. The summed E-state index contributed by atoms with van der Waals surface area (Å²) in [4.78, 5) is 31.3. The minimum absolute atomic E-state index is 0.273. The number of amides is 1. The van der Waals surface area contributed by atoms with Crippen molar-refractivity contribution in [3.63, 3.8) is 0 Å². The first-order chi connectivity index (χ1) is 14.5. The molecule has 0 radical (unpaired) electrons. The fourth-order valence-electron chi connectivity index (χ4n) is 3.47. The zero-order valence-electron chi connectivity index (χ0n) is 16.6. The fourth-order valence-corrected chi connectivity index (χ4v) is 4.37. The van der Waals surface area contributed by atoms with Crippen LogP contribution in [0.2, 0.25) is 0 Å². The molecule has 2 aromatic heterocycles. The van der Waals surface area contributed by atoms with Gasteiger partial charge in [-0.05, 0) is 48.7 Å². The highest BCUT2D eigenvalue weighted by Gasteiger charge is 2.23. The minimum Gasteiger partial charge on any atom is -0.324 e. The van der Waals surface area contributed by atoms with E-state index in [1.54, 1.807) is 12.1 Å². The van der Waals surface area contributed by atoms with Crippen molar-refractivity contribution in [2.24, 2.45) is 0 Å². The molecular weight excluding hydrogens is 401 g/mol. The molecule has 152 valence electrons. The summed E-state index contributed by atoms with van der Waals surface area (Å²) in [5.74, 6) is -0.613. The molecule has 5 nitrogen and oxygen atoms in total. The molecule has 1 amide bonds. The number of fused-ring (bicyclic) bond motifs is 1. The lowest BCUT2D eigenvalue weighted by atomic mass is 10.1. The summed E-state index contributed by atoms with van der Waals surface area (Å²) in [5.41, 5.74) is 2.85. The molecule has 2 aromatic carbocycles. The first-order valence-corrected chi connectivity index (χ1v) is 10.5. The molecule has 0 aliphatic rings. The van der Waals surface area contributed by atoms with E-state index in [2.05, 4.69) is 10.3 Å². The van der Waals surface area contributed by atoms with Gasteiger partial charge in [0.1, 0.15) is 16.7 Å². The first kappa shape index (κ1) is 20.0. The number of hydrogen-bond donors (Lipinski definition) is 1. The summed E-state index contributed by atoms with van der Waals surface area (Å²) in [5, 5.41) is 5.17. The van der Waals surface area contributed by atoms with Crippen molar-refractivity contribution in [2.45, 2.75) is 26.3 Å². The number of aryl methyl sites for hydroxylation is 1. The van der Waals surface area contributed by atoms with Crippen molar-refractivity contribution in [3.05, 3.63) is 82.0 Å². The second-order valence-electron chi connectivity index (χ2n) is 7.08. The molecule has 30 heavy (non-hydrogen) atoms. The van der Waals surface area contributed by atoms with E-state index in [9.17, 15) is 14.0 Å². The average Bonchev–Trinajstić information content (AvgIpc) is 3.16. The molecule has 1 atom stereocenters. The Labute approximate surface area is 176 Å². The zero-order valence-corrected chi connectivity index (χ0v) is 17.4. The number of carbonyl (C=O) groups excluding carboxylic acids is 1. The number of benzene rings is 2. The Balaban J connectivity index is 1.74. The first-order valence-electron chi connectivity index (χ1n) is 9.59. The molecule has 0 saturated heterocycles. The summed E-state index contributed by atoms with van der Waals surface area (Å²) in [6.45, 7) is 3.80. The number of nitrogens with zero attached hydrogens (tertiary/aromatic N) is 2. The molecule has 7 heteroatoms. The van der Waals surface area contributed by atoms with Gasteiger partial charge in [0, 0.05) is 16.6 Å². The van der Waals surface area contributed by atoms with Crippen molar-refractivity contribution < 1.29 is 9.18 Å². The predicted molar refractivity (Wildman–Crippen MR) is 118 cm³/mol. The molecule has 2 heterocycles. The number of nitrogens with one attached hydrogen (secondary N) is 1. The summed E-state index contributed by atoms with van der Waals surface area (Å²) in [6.07, 6.45) is 1.86. The zero-order chi connectivity index (χ0) is 21.3. The summed E-state index contributed by atoms with van der Waals surface area (Å²) in [6, 6.07) is 12.8. The van der Waals surface area contributed by atoms with E-state index < -0.39 is 6.04 Å². The van der Waals surface area contributed by atoms with Crippen LogP contribution in [0, 0.1) is 12.7 Å². The molecule has 1 unspecified atom stereocenters. The lowest BCUT2D eigenvalue weighted by molar-refractivity contribution is -0.119. The van der Waals surface area contributed by atoms with E-state index in [1.165, 1.54) is 34.4 Å². The third-order valence-corrected chi connectivity index (χ3v) is 5.87. The Morgan fingerprint density at radius 1 is 1.23 bits per heavy atom. The summed E-state index contributed by atoms with van der Waals surface area (Å²) in [7, 11) is 0. The van der Waals surface area contributed by atoms with E-state index in [-0.39, 0.29) is 17.3 Å². The molecule has 0 spiro atoms. The van der Waals surface area contributed by atoms with Gasteiger partial charge in [0.2, 0.25) is 5.91 Å². The molecule has 0 aliphatic heterocycles. The number of hydrogen-bond acceptors (Lipinski definition) is 4. The smallest absolute Gasteiger partial charge is 0.263 e. The maximum Gasteiger partial charge on any atom is 0.263 e. The van der Waals surface area contributed by atoms with Gasteiger partial charge in [0.15, 0.2) is 0 Å². The minimum atomic E-state index is -0.698. The molecule has 1 N–H and O–H groups in total. The van der Waals surface area contributed by atoms with Gasteiger partial charge >= 0.3 is 0 Å². The second-order valence-corrected chi connectivity index (χ2v) is 7.93. The van der Waals surface area contributed by atoms with Crippen LogP contribution in [0.15, 0.2) is 65.0 Å². The third-order valence-electron chi connectivity index (χ3n) is 4.99. The highest BCUT2D eigenvalue weighted by Crippen LogP contribution is 2.31. The number of anilines is 1. The highest BCUT2D eigenvalue weighted by atomic mass is 32.1. The van der Waals surface area contributed by atoms with Crippen molar-refractivity contribution in [2.75, 3.05) is 5.32 Å². The van der Waals surface area contributed by atoms with Crippen LogP contribution < -0.4 is 10.9 Å². The average molecular weight is 421 g/mol. The van der Waals surface area contributed by atoms with Crippen LogP contribution in [0.25, 0.3) is 21.3 Å². The van der Waals surface area contributed by atoms with Gasteiger partial charge in [-0.15, -0.1) is 11.3 Å². The van der Waals surface area contributed by atoms with Crippen LogP contribution >= 0.6 is 11.3 Å². The molecular formula is C23H20FN3O2S. The second kappa shape index (κ2) is 8.20. The van der Waals surface area contributed by atoms with Crippen molar-refractivity contribution in [1.29, 1.82) is 0 Å². The highest BCUT2D eigenvalue weighted by molar-refractivity contribution is 7.17. The molecule has 4 rings (SSSR count). The number of halogens is 1. The van der Waals surface area contributed by atoms with Crippen LogP contribution in [0.5, 0.6) is 0 Å². The molecule has 4 aromatic rings. The largest absolute Gasteiger partial charge is 0.324 e. The lowest BCUT2D eigenvalue weighted by Gasteiger charge is -2.18. The van der Waals surface area contributed by atoms with Gasteiger partial charge in [0.05, 0.1) is 11.7 Å². The Hall–Kier alpha value is -3.32. The maximum atomic E-state index is 13.3. The van der Waals surface area contributed by atoms with Crippen LogP contribution in [0.3, 0.4) is 0 Å². The van der Waals surface area contributed by atoms with E-state index in [1.807, 2.05) is 43.5 Å². The Bertz CT molecular complexity index is 1280. The van der Waals surface area contributed by atoms with E-state index in [4.69, 9.17) is 0 Å². The van der Waals surface area contributed by atoms with Crippen molar-refractivity contribution >= 4 is 33.1 Å². The van der Waals surface area contributed by atoms with Crippen LogP contribution in [0.4, 0.5) is 10.1 Å². The monoisotopic (exact) mass is 421 g/mol. The summed E-state index contributed by atoms with van der Waals surface area (Å²) >= 11 is 1.35. The molecule has 0 saturated carbocycles. The number of carbonyl (C=O) groups is 1. The predicted octanol–water partition coefficient (Wildman–Crippen LogP) is 5.16. The van der Waals surface area contributed by atoms with E-state index >= 15 is 0 Å². The van der Waals surface area contributed by atoms with Crippen LogP contribution in [-0.4, -0.2) is 15.5 Å². The van der Waals surface area contributed by atoms with Crippen LogP contribution in [-0.2, 0) is 4.79 Å². The van der Waals surface area contributed by atoms with Crippen molar-refractivity contribution in [3.8, 4) is 11.1 Å². The fraction of sp³-hybridized carbons (Fsp3) is 0.174. The number of aromatic nitrogens is 2. The van der Waals surface area contributed by atoms with Crippen LogP contribution in [0.1, 0.15) is 24.9 Å². The van der Waals surface area contributed by atoms with E-state index in [0.717, 1.165) is 11.1 Å². The molecule has 0 bridgehead atoms. The normalized spacial score (nSPS) is 12.1. The van der Waals surface area contributed by atoms with Gasteiger partial charge in [-0.25, -0.2) is 9.37 Å². The Morgan fingerprint density at radius 2 is 2.00 bits per heavy atom. The molecule has 0 fully saturated rings. The van der Waals surface area contributed by atoms with Gasteiger partial charge in [-0.1, -0.05) is 31.2 Å². The van der Waals surface area contributed by atoms with Gasteiger partial charge in [-0.2, -0.15) is 0 Å². The quantitative estimate of drug-likeness (QED) is 0.484. The molecule has 0 aliphatic carbocycles. The Morgan fingerprint density at radius 3 is 2.70 bits per heavy atom. The van der Waals surface area contributed by atoms with Gasteiger partial charge < -0.3 is 5.32 Å². The topological polar surface area (TPSA) is 64.0 Å². The lowest BCUT2D eigenvalue weighted by Crippen LogP contribution is -2.33. The maximum absolute atomic E-state index is 13.3. The Kier molecular flexibility index (Phi) is 5.46. The number of thiophene rings is 1. The third kappa shape index (κ3) is 3.76.